The van der Waals surface area contributed by atoms with Crippen molar-refractivity contribution in [2.45, 2.75) is 11.2 Å². The van der Waals surface area contributed by atoms with E-state index in [0.717, 1.165) is 0 Å². The lowest BCUT2D eigenvalue weighted by atomic mass is 9.95. The van der Waals surface area contributed by atoms with Crippen LogP contribution in [0.4, 0.5) is 4.79 Å². The number of nitrogens with zero attached hydrogens (tertiary/aromatic N) is 3. The number of ether oxygens (including phenoxy) is 2. The van der Waals surface area contributed by atoms with E-state index < -0.39 is 18.0 Å². The highest BCUT2D eigenvalue weighted by molar-refractivity contribution is 7.99. The molecule has 1 aliphatic heterocycles. The molecule has 1 aromatic carbocycles. The Labute approximate surface area is 160 Å². The van der Waals surface area contributed by atoms with E-state index in [1.807, 2.05) is 6.07 Å². The average Bonchev–Trinajstić information content (AvgIpc) is 3.10. The zero-order valence-electron chi connectivity index (χ0n) is 15.1. The van der Waals surface area contributed by atoms with Gasteiger partial charge in [-0.2, -0.15) is 5.10 Å². The Morgan fingerprint density at radius 2 is 2.19 bits per heavy atom. The third-order valence-electron chi connectivity index (χ3n) is 4.00. The Morgan fingerprint density at radius 3 is 2.85 bits per heavy atom. The van der Waals surface area contributed by atoms with Crippen LogP contribution in [0.3, 0.4) is 0 Å². The van der Waals surface area contributed by atoms with Crippen LogP contribution in [0.5, 0.6) is 5.75 Å². The molecule has 1 aliphatic rings. The van der Waals surface area contributed by atoms with Crippen LogP contribution < -0.4 is 15.4 Å². The first-order chi connectivity index (χ1) is 13.0. The minimum absolute atomic E-state index is 0.324. The number of amides is 2. The summed E-state index contributed by atoms with van der Waals surface area (Å²) in [4.78, 5) is 28.9. The standard InChI is InChI=1S/C17H19N5O4S/c1-22-17(18-9-19-22)27-8-12-13(15(23)26-3)14(21-16(24)20-12)10-5-4-6-11(7-10)25-2/h4-7,9,14H,8H2,1-3H3,(H2,20,21,24)/t14-/m0/s1. The molecular formula is C17H19N5O4S. The summed E-state index contributed by atoms with van der Waals surface area (Å²) in [5.41, 5.74) is 1.51. The molecule has 1 aromatic heterocycles. The lowest BCUT2D eigenvalue weighted by Crippen LogP contribution is -2.46. The Bertz CT molecular complexity index is 895. The Kier molecular flexibility index (Phi) is 5.65. The molecule has 2 amide bonds. The van der Waals surface area contributed by atoms with Crippen LogP contribution >= 0.6 is 11.8 Å². The number of esters is 1. The number of hydrogen-bond acceptors (Lipinski definition) is 7. The summed E-state index contributed by atoms with van der Waals surface area (Å²) in [6, 6.07) is 6.12. The molecule has 0 saturated carbocycles. The van der Waals surface area contributed by atoms with E-state index >= 15 is 0 Å². The van der Waals surface area contributed by atoms with E-state index in [2.05, 4.69) is 20.7 Å². The van der Waals surface area contributed by atoms with E-state index in [1.54, 1.807) is 37.0 Å². The van der Waals surface area contributed by atoms with Crippen molar-refractivity contribution in [1.82, 2.24) is 25.4 Å². The smallest absolute Gasteiger partial charge is 0.338 e. The maximum atomic E-state index is 12.5. The largest absolute Gasteiger partial charge is 0.497 e. The number of thioether (sulfide) groups is 1. The third kappa shape index (κ3) is 4.05. The maximum Gasteiger partial charge on any atom is 0.338 e. The Hall–Kier alpha value is -3.01. The van der Waals surface area contributed by atoms with Gasteiger partial charge in [0.1, 0.15) is 12.1 Å². The highest BCUT2D eigenvalue weighted by Gasteiger charge is 2.33. The van der Waals surface area contributed by atoms with Crippen molar-refractivity contribution in [2.24, 2.45) is 7.05 Å². The zero-order valence-corrected chi connectivity index (χ0v) is 15.9. The number of carbonyl (C=O) groups is 2. The third-order valence-corrected chi connectivity index (χ3v) is 5.06. The molecule has 0 bridgehead atoms. The fourth-order valence-corrected chi connectivity index (χ4v) is 3.56. The van der Waals surface area contributed by atoms with Crippen molar-refractivity contribution in [1.29, 1.82) is 0 Å². The van der Waals surface area contributed by atoms with E-state index in [0.29, 0.717) is 33.5 Å². The summed E-state index contributed by atoms with van der Waals surface area (Å²) >= 11 is 1.36. The van der Waals surface area contributed by atoms with Crippen LogP contribution in [0.15, 0.2) is 47.0 Å². The van der Waals surface area contributed by atoms with Gasteiger partial charge in [-0.05, 0) is 17.7 Å². The molecule has 0 saturated heterocycles. The van der Waals surface area contributed by atoms with Gasteiger partial charge in [-0.15, -0.1) is 0 Å². The van der Waals surface area contributed by atoms with Gasteiger partial charge in [0, 0.05) is 18.5 Å². The monoisotopic (exact) mass is 389 g/mol. The van der Waals surface area contributed by atoms with Gasteiger partial charge in [0.2, 0.25) is 0 Å². The summed E-state index contributed by atoms with van der Waals surface area (Å²) in [5, 5.41) is 10.2. The van der Waals surface area contributed by atoms with Crippen molar-refractivity contribution in [3.8, 4) is 5.75 Å². The summed E-state index contributed by atoms with van der Waals surface area (Å²) < 4.78 is 11.8. The number of aryl methyl sites for hydroxylation is 1. The molecule has 142 valence electrons. The fraction of sp³-hybridized carbons (Fsp3) is 0.294. The van der Waals surface area contributed by atoms with Gasteiger partial charge in [0.25, 0.3) is 0 Å². The number of carbonyl (C=O) groups excluding carboxylic acids is 2. The number of methoxy groups -OCH3 is 2. The van der Waals surface area contributed by atoms with Gasteiger partial charge in [-0.3, -0.25) is 0 Å². The summed E-state index contributed by atoms with van der Waals surface area (Å²) in [6.07, 6.45) is 1.44. The van der Waals surface area contributed by atoms with Gasteiger partial charge in [0.15, 0.2) is 5.16 Å². The van der Waals surface area contributed by atoms with Gasteiger partial charge in [0.05, 0.1) is 25.8 Å². The van der Waals surface area contributed by atoms with Crippen LogP contribution in [0, 0.1) is 0 Å². The fourth-order valence-electron chi connectivity index (χ4n) is 2.71. The van der Waals surface area contributed by atoms with Crippen LogP contribution in [0.25, 0.3) is 0 Å². The minimum atomic E-state index is -0.656. The molecule has 2 heterocycles. The number of benzene rings is 1. The topological polar surface area (TPSA) is 107 Å². The zero-order chi connectivity index (χ0) is 19.4. The van der Waals surface area contributed by atoms with Gasteiger partial charge in [-0.25, -0.2) is 19.3 Å². The van der Waals surface area contributed by atoms with E-state index in [4.69, 9.17) is 9.47 Å². The molecule has 2 aromatic rings. The molecule has 0 aliphatic carbocycles. The molecule has 0 spiro atoms. The van der Waals surface area contributed by atoms with Crippen molar-refractivity contribution in [3.05, 3.63) is 47.4 Å². The quantitative estimate of drug-likeness (QED) is 0.568. The first kappa shape index (κ1) is 18.8. The molecule has 0 radical (unpaired) electrons. The molecule has 3 rings (SSSR count). The maximum absolute atomic E-state index is 12.5. The van der Waals surface area contributed by atoms with Gasteiger partial charge >= 0.3 is 12.0 Å². The van der Waals surface area contributed by atoms with Crippen LogP contribution in [0.2, 0.25) is 0 Å². The first-order valence-corrected chi connectivity index (χ1v) is 9.01. The molecule has 2 N–H and O–H groups in total. The highest BCUT2D eigenvalue weighted by Crippen LogP contribution is 2.31. The van der Waals surface area contributed by atoms with Gasteiger partial charge in [-0.1, -0.05) is 23.9 Å². The number of urea groups is 1. The molecular weight excluding hydrogens is 370 g/mol. The molecule has 9 nitrogen and oxygen atoms in total. The highest BCUT2D eigenvalue weighted by atomic mass is 32.2. The van der Waals surface area contributed by atoms with Crippen molar-refractivity contribution in [2.75, 3.05) is 20.0 Å². The summed E-state index contributed by atoms with van der Waals surface area (Å²) in [7, 11) is 4.63. The normalized spacial score (nSPS) is 16.6. The van der Waals surface area contributed by atoms with Crippen molar-refractivity contribution < 1.29 is 19.1 Å². The molecule has 0 unspecified atom stereocenters. The van der Waals surface area contributed by atoms with Crippen LogP contribution in [0.1, 0.15) is 11.6 Å². The SMILES string of the molecule is COC(=O)C1=C(CSc2ncnn2C)NC(=O)N[C@H]1c1cccc(OC)c1. The molecule has 10 heteroatoms. The van der Waals surface area contributed by atoms with E-state index in [9.17, 15) is 9.59 Å². The molecule has 0 fully saturated rings. The first-order valence-electron chi connectivity index (χ1n) is 8.03. The summed E-state index contributed by atoms with van der Waals surface area (Å²) in [6.45, 7) is 0. The number of rotatable bonds is 6. The second-order valence-corrected chi connectivity index (χ2v) is 6.59. The Morgan fingerprint density at radius 1 is 1.37 bits per heavy atom. The second-order valence-electron chi connectivity index (χ2n) is 5.65. The number of hydrogen-bond donors (Lipinski definition) is 2. The second kappa shape index (κ2) is 8.12. The summed E-state index contributed by atoms with van der Waals surface area (Å²) in [5.74, 6) is 0.425. The predicted octanol–water partition coefficient (Wildman–Crippen LogP) is 1.40. The van der Waals surface area contributed by atoms with Crippen LogP contribution in [-0.4, -0.2) is 46.7 Å². The minimum Gasteiger partial charge on any atom is -0.497 e. The lowest BCUT2D eigenvalue weighted by molar-refractivity contribution is -0.136. The number of nitrogens with one attached hydrogen (secondary N) is 2. The van der Waals surface area contributed by atoms with Crippen LogP contribution in [-0.2, 0) is 16.6 Å². The predicted molar refractivity (Wildman–Crippen MR) is 98.2 cm³/mol. The average molecular weight is 389 g/mol. The van der Waals surface area contributed by atoms with Crippen molar-refractivity contribution in [3.63, 3.8) is 0 Å². The lowest BCUT2D eigenvalue weighted by Gasteiger charge is -2.29. The van der Waals surface area contributed by atoms with E-state index in [1.165, 1.54) is 25.2 Å². The van der Waals surface area contributed by atoms with Crippen molar-refractivity contribution >= 4 is 23.8 Å². The van der Waals surface area contributed by atoms with Gasteiger partial charge < -0.3 is 20.1 Å². The Balaban J connectivity index is 1.98. The van der Waals surface area contributed by atoms with E-state index in [-0.39, 0.29) is 0 Å². The number of aromatic nitrogens is 3. The molecule has 1 atom stereocenters. The molecule has 27 heavy (non-hydrogen) atoms.